The van der Waals surface area contributed by atoms with Gasteiger partial charge in [0.15, 0.2) is 0 Å². The molecule has 2 amide bonds. The first-order chi connectivity index (χ1) is 14.6. The smallest absolute Gasteiger partial charge is 0.326 e. The van der Waals surface area contributed by atoms with E-state index in [1.54, 1.807) is 18.2 Å². The Labute approximate surface area is 187 Å². The minimum Gasteiger partial charge on any atom is -0.326 e. The molecule has 5 nitrogen and oxygen atoms in total. The van der Waals surface area contributed by atoms with Crippen LogP contribution in [0.25, 0.3) is 0 Å². The molecule has 1 aliphatic rings. The van der Waals surface area contributed by atoms with Gasteiger partial charge in [-0.1, -0.05) is 29.3 Å². The number of benzene rings is 2. The van der Waals surface area contributed by atoms with Crippen LogP contribution in [0.3, 0.4) is 0 Å². The summed E-state index contributed by atoms with van der Waals surface area (Å²) in [7, 11) is 0. The number of likely N-dealkylation sites (tertiary alicyclic amines) is 1. The number of hydrogen-bond donors (Lipinski definition) is 2. The maximum absolute atomic E-state index is 12.8. The molecule has 1 heterocycles. The van der Waals surface area contributed by atoms with Gasteiger partial charge in [-0.3, -0.25) is 14.5 Å². The van der Waals surface area contributed by atoms with Crippen molar-refractivity contribution in [2.75, 3.05) is 30.3 Å². The lowest BCUT2D eigenvalue weighted by Gasteiger charge is -2.30. The van der Waals surface area contributed by atoms with Gasteiger partial charge < -0.3 is 10.6 Å². The molecule has 0 atom stereocenters. The monoisotopic (exact) mass is 473 g/mol. The standard InChI is InChI=1S/C21H20Cl2F3N3O2/c22-17-5-4-16(11-18(17)23)27-19(30)12-29-8-6-13(7-9-29)20(31)28-15-3-1-2-14(10-15)21(24,25)26/h1-5,10-11,13H,6-9,12H2,(H,27,30)(H,28,31). The van der Waals surface area contributed by atoms with Gasteiger partial charge in [-0.25, -0.2) is 0 Å². The predicted molar refractivity (Wildman–Crippen MR) is 114 cm³/mol. The number of carbonyl (C=O) groups excluding carboxylic acids is 2. The molecule has 1 saturated heterocycles. The molecule has 0 spiro atoms. The number of alkyl halides is 3. The van der Waals surface area contributed by atoms with Crippen LogP contribution in [0.5, 0.6) is 0 Å². The van der Waals surface area contributed by atoms with Crippen molar-refractivity contribution in [1.82, 2.24) is 4.90 Å². The molecule has 0 aliphatic carbocycles. The van der Waals surface area contributed by atoms with E-state index in [1.165, 1.54) is 12.1 Å². The van der Waals surface area contributed by atoms with E-state index in [2.05, 4.69) is 10.6 Å². The van der Waals surface area contributed by atoms with Crippen molar-refractivity contribution >= 4 is 46.4 Å². The zero-order valence-corrected chi connectivity index (χ0v) is 17.8. The third-order valence-corrected chi connectivity index (χ3v) is 5.73. The molecule has 0 unspecified atom stereocenters. The maximum Gasteiger partial charge on any atom is 0.416 e. The van der Waals surface area contributed by atoms with Crippen molar-refractivity contribution in [2.24, 2.45) is 5.92 Å². The zero-order valence-electron chi connectivity index (χ0n) is 16.3. The molecule has 0 aromatic heterocycles. The summed E-state index contributed by atoms with van der Waals surface area (Å²) in [4.78, 5) is 26.6. The molecule has 0 radical (unpaired) electrons. The lowest BCUT2D eigenvalue weighted by Crippen LogP contribution is -2.41. The number of nitrogens with one attached hydrogen (secondary N) is 2. The molecular weight excluding hydrogens is 454 g/mol. The Kier molecular flexibility index (Phi) is 7.46. The highest BCUT2D eigenvalue weighted by atomic mass is 35.5. The Balaban J connectivity index is 1.47. The van der Waals surface area contributed by atoms with E-state index >= 15 is 0 Å². The van der Waals surface area contributed by atoms with Crippen molar-refractivity contribution < 1.29 is 22.8 Å². The van der Waals surface area contributed by atoms with Gasteiger partial charge in [-0.15, -0.1) is 0 Å². The Morgan fingerprint density at radius 3 is 2.29 bits per heavy atom. The average molecular weight is 474 g/mol. The molecule has 2 aromatic carbocycles. The highest BCUT2D eigenvalue weighted by molar-refractivity contribution is 6.42. The molecule has 2 aromatic rings. The first kappa shape index (κ1) is 23.4. The number of hydrogen-bond acceptors (Lipinski definition) is 3. The van der Waals surface area contributed by atoms with Crippen molar-refractivity contribution in [1.29, 1.82) is 0 Å². The first-order valence-corrected chi connectivity index (χ1v) is 10.3. The molecule has 1 fully saturated rings. The summed E-state index contributed by atoms with van der Waals surface area (Å²) in [6.45, 7) is 1.20. The summed E-state index contributed by atoms with van der Waals surface area (Å²) in [5.41, 5.74) is -0.161. The van der Waals surface area contributed by atoms with E-state index in [1.807, 2.05) is 4.90 Å². The normalized spacial score (nSPS) is 15.5. The van der Waals surface area contributed by atoms with E-state index in [0.29, 0.717) is 41.7 Å². The van der Waals surface area contributed by atoms with Crippen molar-refractivity contribution in [3.05, 3.63) is 58.1 Å². The molecule has 3 rings (SSSR count). The van der Waals surface area contributed by atoms with Gasteiger partial charge in [0.05, 0.1) is 22.2 Å². The van der Waals surface area contributed by atoms with Crippen LogP contribution in [0.2, 0.25) is 10.0 Å². The summed E-state index contributed by atoms with van der Waals surface area (Å²) < 4.78 is 38.5. The number of piperidine rings is 1. The topological polar surface area (TPSA) is 61.4 Å². The number of halogens is 5. The van der Waals surface area contributed by atoms with Crippen LogP contribution in [-0.2, 0) is 15.8 Å². The van der Waals surface area contributed by atoms with E-state index in [-0.39, 0.29) is 30.0 Å². The summed E-state index contributed by atoms with van der Waals surface area (Å²) >= 11 is 11.8. The predicted octanol–water partition coefficient (Wildman–Crippen LogP) is 5.30. The second kappa shape index (κ2) is 9.89. The molecular formula is C21H20Cl2F3N3O2. The Morgan fingerprint density at radius 1 is 0.968 bits per heavy atom. The number of amides is 2. The summed E-state index contributed by atoms with van der Waals surface area (Å²) in [5, 5.41) is 6.04. The van der Waals surface area contributed by atoms with Crippen LogP contribution < -0.4 is 10.6 Å². The van der Waals surface area contributed by atoms with Gasteiger partial charge in [-0.05, 0) is 62.3 Å². The van der Waals surface area contributed by atoms with Gasteiger partial charge in [0.1, 0.15) is 0 Å². The van der Waals surface area contributed by atoms with Crippen molar-refractivity contribution in [2.45, 2.75) is 19.0 Å². The van der Waals surface area contributed by atoms with E-state index in [9.17, 15) is 22.8 Å². The third kappa shape index (κ3) is 6.59. The molecule has 1 aliphatic heterocycles. The van der Waals surface area contributed by atoms with Gasteiger partial charge in [-0.2, -0.15) is 13.2 Å². The summed E-state index contributed by atoms with van der Waals surface area (Å²) in [6.07, 6.45) is -3.46. The quantitative estimate of drug-likeness (QED) is 0.619. The highest BCUT2D eigenvalue weighted by Crippen LogP contribution is 2.31. The van der Waals surface area contributed by atoms with E-state index in [4.69, 9.17) is 23.2 Å². The summed E-state index contributed by atoms with van der Waals surface area (Å²) in [5.74, 6) is -0.867. The average Bonchev–Trinajstić information content (AvgIpc) is 2.71. The SMILES string of the molecule is O=C(CN1CCC(C(=O)Nc2cccc(C(F)(F)F)c2)CC1)Nc1ccc(Cl)c(Cl)c1. The van der Waals surface area contributed by atoms with E-state index < -0.39 is 11.7 Å². The Bertz CT molecular complexity index is 961. The number of nitrogens with zero attached hydrogens (tertiary/aromatic N) is 1. The third-order valence-electron chi connectivity index (χ3n) is 4.99. The second-order valence-electron chi connectivity index (χ2n) is 7.30. The molecule has 10 heteroatoms. The number of carbonyl (C=O) groups is 2. The van der Waals surface area contributed by atoms with Crippen LogP contribution in [-0.4, -0.2) is 36.3 Å². The minimum atomic E-state index is -4.47. The molecule has 31 heavy (non-hydrogen) atoms. The van der Waals surface area contributed by atoms with Crippen molar-refractivity contribution in [3.63, 3.8) is 0 Å². The molecule has 0 bridgehead atoms. The fourth-order valence-corrected chi connectivity index (χ4v) is 3.65. The van der Waals surface area contributed by atoms with Crippen LogP contribution in [0, 0.1) is 5.92 Å². The van der Waals surface area contributed by atoms with Crippen LogP contribution in [0.4, 0.5) is 24.5 Å². The largest absolute Gasteiger partial charge is 0.416 e. The number of anilines is 2. The van der Waals surface area contributed by atoms with Gasteiger partial charge in [0.25, 0.3) is 0 Å². The second-order valence-corrected chi connectivity index (χ2v) is 8.11. The Morgan fingerprint density at radius 2 is 1.65 bits per heavy atom. The molecule has 2 N–H and O–H groups in total. The van der Waals surface area contributed by atoms with Gasteiger partial charge in [0, 0.05) is 17.3 Å². The van der Waals surface area contributed by atoms with Gasteiger partial charge in [0.2, 0.25) is 11.8 Å². The zero-order chi connectivity index (χ0) is 22.6. The van der Waals surface area contributed by atoms with Crippen molar-refractivity contribution in [3.8, 4) is 0 Å². The lowest BCUT2D eigenvalue weighted by molar-refractivity contribution is -0.137. The maximum atomic E-state index is 12.8. The van der Waals surface area contributed by atoms with E-state index in [0.717, 1.165) is 12.1 Å². The summed E-state index contributed by atoms with van der Waals surface area (Å²) in [6, 6.07) is 9.36. The highest BCUT2D eigenvalue weighted by Gasteiger charge is 2.31. The number of rotatable bonds is 5. The fourth-order valence-electron chi connectivity index (χ4n) is 3.35. The first-order valence-electron chi connectivity index (χ1n) is 9.57. The fraction of sp³-hybridized carbons (Fsp3) is 0.333. The Hall–Kier alpha value is -2.29. The van der Waals surface area contributed by atoms with Crippen LogP contribution in [0.1, 0.15) is 18.4 Å². The van der Waals surface area contributed by atoms with Gasteiger partial charge >= 0.3 is 6.18 Å². The van der Waals surface area contributed by atoms with Crippen LogP contribution >= 0.6 is 23.2 Å². The van der Waals surface area contributed by atoms with Crippen LogP contribution in [0.15, 0.2) is 42.5 Å². The molecule has 0 saturated carbocycles. The molecule has 166 valence electrons. The minimum absolute atomic E-state index is 0.114. The lowest BCUT2D eigenvalue weighted by atomic mass is 9.95.